The number of ether oxygens (including phenoxy) is 2. The normalized spacial score (nSPS) is 20.7. The van der Waals surface area contributed by atoms with Crippen molar-refractivity contribution >= 4 is 0 Å². The molecular formula is C27H44O2. The Morgan fingerprint density at radius 3 is 1.83 bits per heavy atom. The summed E-state index contributed by atoms with van der Waals surface area (Å²) in [7, 11) is 0. The molecular weight excluding hydrogens is 356 g/mol. The highest BCUT2D eigenvalue weighted by Crippen LogP contribution is 2.51. The Labute approximate surface area is 179 Å². The minimum atomic E-state index is -0.156. The van der Waals surface area contributed by atoms with Gasteiger partial charge in [-0.05, 0) is 80.9 Å². The fourth-order valence-electron chi connectivity index (χ4n) is 5.93. The van der Waals surface area contributed by atoms with E-state index in [1.54, 1.807) is 0 Å². The Balaban J connectivity index is 1.79. The second-order valence-corrected chi connectivity index (χ2v) is 10.1. The molecule has 3 rings (SSSR count). The zero-order chi connectivity index (χ0) is 20.7. The Morgan fingerprint density at radius 2 is 1.38 bits per heavy atom. The van der Waals surface area contributed by atoms with Gasteiger partial charge in [0.1, 0.15) is 5.75 Å². The summed E-state index contributed by atoms with van der Waals surface area (Å²) in [6.45, 7) is 9.05. The van der Waals surface area contributed by atoms with E-state index in [9.17, 15) is 0 Å². The molecule has 2 aliphatic carbocycles. The predicted octanol–water partition coefficient (Wildman–Crippen LogP) is 7.94. The van der Waals surface area contributed by atoms with Gasteiger partial charge in [-0.15, -0.1) is 0 Å². The minimum Gasteiger partial charge on any atom is -0.465 e. The van der Waals surface area contributed by atoms with Gasteiger partial charge in [0.2, 0.25) is 6.29 Å². The fraction of sp³-hybridized carbons (Fsp3) is 0.778. The lowest BCUT2D eigenvalue weighted by Crippen LogP contribution is -2.42. The molecule has 29 heavy (non-hydrogen) atoms. The molecule has 0 aromatic heterocycles. The van der Waals surface area contributed by atoms with E-state index in [1.165, 1.54) is 69.8 Å². The second-order valence-electron chi connectivity index (χ2n) is 10.1. The number of aryl methyl sites for hydroxylation is 1. The van der Waals surface area contributed by atoms with Gasteiger partial charge in [0, 0.05) is 6.42 Å². The Bertz CT molecular complexity index is 561. The maximum absolute atomic E-state index is 6.48. The van der Waals surface area contributed by atoms with Crippen molar-refractivity contribution in [3.63, 3.8) is 0 Å². The largest absolute Gasteiger partial charge is 0.465 e. The van der Waals surface area contributed by atoms with Crippen molar-refractivity contribution in [1.82, 2.24) is 0 Å². The zero-order valence-electron chi connectivity index (χ0n) is 19.4. The zero-order valence-corrected chi connectivity index (χ0v) is 19.4. The van der Waals surface area contributed by atoms with E-state index in [0.29, 0.717) is 5.41 Å². The molecule has 1 aromatic rings. The summed E-state index contributed by atoms with van der Waals surface area (Å²) >= 11 is 0. The van der Waals surface area contributed by atoms with Crippen molar-refractivity contribution in [3.05, 3.63) is 29.8 Å². The molecule has 2 fully saturated rings. The van der Waals surface area contributed by atoms with Gasteiger partial charge in [-0.3, -0.25) is 0 Å². The Kier molecular flexibility index (Phi) is 8.47. The standard InChI is InChI=1S/C27H44O2/c1-5-22-16-18-25(19-17-22)29-26(28-21(2)3)20-27(4,23-12-8-6-9-13-23)24-14-10-7-11-15-24/h16-19,21,23-24,26H,5-15,20H2,1-4H3. The highest BCUT2D eigenvalue weighted by Gasteiger charge is 2.44. The highest BCUT2D eigenvalue weighted by atomic mass is 16.7. The van der Waals surface area contributed by atoms with Crippen LogP contribution >= 0.6 is 0 Å². The SMILES string of the molecule is CCc1ccc(OC(CC(C)(C2CCCCC2)C2CCCCC2)OC(C)C)cc1. The van der Waals surface area contributed by atoms with Crippen molar-refractivity contribution < 1.29 is 9.47 Å². The molecule has 2 aliphatic rings. The molecule has 164 valence electrons. The smallest absolute Gasteiger partial charge is 0.200 e. The van der Waals surface area contributed by atoms with Crippen LogP contribution in [-0.4, -0.2) is 12.4 Å². The molecule has 0 spiro atoms. The first-order chi connectivity index (χ1) is 14.0. The topological polar surface area (TPSA) is 18.5 Å². The number of benzene rings is 1. The molecule has 0 amide bonds. The maximum Gasteiger partial charge on any atom is 0.200 e. The monoisotopic (exact) mass is 400 g/mol. The number of hydrogen-bond donors (Lipinski definition) is 0. The second kappa shape index (κ2) is 10.8. The fourth-order valence-corrected chi connectivity index (χ4v) is 5.93. The van der Waals surface area contributed by atoms with E-state index < -0.39 is 0 Å². The number of rotatable bonds is 9. The molecule has 1 aromatic carbocycles. The first-order valence-electron chi connectivity index (χ1n) is 12.4. The molecule has 0 bridgehead atoms. The molecule has 0 heterocycles. The van der Waals surface area contributed by atoms with Crippen molar-refractivity contribution in [3.8, 4) is 5.75 Å². The van der Waals surface area contributed by atoms with Crippen molar-refractivity contribution in [2.45, 2.75) is 117 Å². The summed E-state index contributed by atoms with van der Waals surface area (Å²) in [6, 6.07) is 8.61. The van der Waals surface area contributed by atoms with Gasteiger partial charge >= 0.3 is 0 Å². The van der Waals surface area contributed by atoms with Gasteiger partial charge in [0.15, 0.2) is 0 Å². The lowest BCUT2D eigenvalue weighted by atomic mass is 9.58. The minimum absolute atomic E-state index is 0.156. The average Bonchev–Trinajstić information content (AvgIpc) is 2.75. The van der Waals surface area contributed by atoms with Crippen LogP contribution in [0, 0.1) is 17.3 Å². The Hall–Kier alpha value is -1.02. The first kappa shape index (κ1) is 22.7. The summed E-state index contributed by atoms with van der Waals surface area (Å²) in [5, 5.41) is 0. The van der Waals surface area contributed by atoms with Crippen LogP contribution in [0.5, 0.6) is 5.75 Å². The molecule has 2 nitrogen and oxygen atoms in total. The molecule has 2 saturated carbocycles. The lowest BCUT2D eigenvalue weighted by molar-refractivity contribution is -0.146. The van der Waals surface area contributed by atoms with Gasteiger partial charge in [-0.2, -0.15) is 0 Å². The van der Waals surface area contributed by atoms with Crippen molar-refractivity contribution in [1.29, 1.82) is 0 Å². The van der Waals surface area contributed by atoms with E-state index in [4.69, 9.17) is 9.47 Å². The average molecular weight is 401 g/mol. The van der Waals surface area contributed by atoms with Gasteiger partial charge in [0.25, 0.3) is 0 Å². The molecule has 1 atom stereocenters. The van der Waals surface area contributed by atoms with E-state index in [-0.39, 0.29) is 12.4 Å². The molecule has 1 unspecified atom stereocenters. The molecule has 0 radical (unpaired) electrons. The van der Waals surface area contributed by atoms with Crippen LogP contribution in [-0.2, 0) is 11.2 Å². The summed E-state index contributed by atoms with van der Waals surface area (Å²) < 4.78 is 12.8. The third-order valence-corrected chi connectivity index (χ3v) is 7.71. The quantitative estimate of drug-likeness (QED) is 0.392. The highest BCUT2D eigenvalue weighted by molar-refractivity contribution is 5.27. The van der Waals surface area contributed by atoms with E-state index >= 15 is 0 Å². The number of hydrogen-bond acceptors (Lipinski definition) is 2. The summed E-state index contributed by atoms with van der Waals surface area (Å²) in [5.41, 5.74) is 1.68. The van der Waals surface area contributed by atoms with Gasteiger partial charge < -0.3 is 9.47 Å². The third-order valence-electron chi connectivity index (χ3n) is 7.71. The van der Waals surface area contributed by atoms with Crippen LogP contribution in [0.15, 0.2) is 24.3 Å². The first-order valence-corrected chi connectivity index (χ1v) is 12.4. The van der Waals surface area contributed by atoms with Gasteiger partial charge in [-0.1, -0.05) is 64.5 Å². The Morgan fingerprint density at radius 1 is 0.862 bits per heavy atom. The van der Waals surface area contributed by atoms with Crippen LogP contribution in [0.3, 0.4) is 0 Å². The summed E-state index contributed by atoms with van der Waals surface area (Å²) in [5.74, 6) is 2.59. The summed E-state index contributed by atoms with van der Waals surface area (Å²) in [6.07, 6.45) is 16.1. The van der Waals surface area contributed by atoms with Crippen molar-refractivity contribution in [2.24, 2.45) is 17.3 Å². The predicted molar refractivity (Wildman–Crippen MR) is 122 cm³/mol. The molecule has 0 N–H and O–H groups in total. The van der Waals surface area contributed by atoms with Crippen LogP contribution in [0.2, 0.25) is 0 Å². The van der Waals surface area contributed by atoms with Gasteiger partial charge in [-0.25, -0.2) is 0 Å². The maximum atomic E-state index is 6.48. The van der Waals surface area contributed by atoms with Crippen LogP contribution in [0.4, 0.5) is 0 Å². The van der Waals surface area contributed by atoms with E-state index in [1.807, 2.05) is 0 Å². The lowest BCUT2D eigenvalue weighted by Gasteiger charge is -2.48. The van der Waals surface area contributed by atoms with E-state index in [2.05, 4.69) is 52.0 Å². The van der Waals surface area contributed by atoms with E-state index in [0.717, 1.165) is 30.4 Å². The van der Waals surface area contributed by atoms with Crippen molar-refractivity contribution in [2.75, 3.05) is 0 Å². The van der Waals surface area contributed by atoms with Crippen LogP contribution in [0.25, 0.3) is 0 Å². The molecule has 2 heteroatoms. The molecule has 0 saturated heterocycles. The van der Waals surface area contributed by atoms with Crippen LogP contribution in [0.1, 0.15) is 104 Å². The summed E-state index contributed by atoms with van der Waals surface area (Å²) in [4.78, 5) is 0. The third kappa shape index (κ3) is 6.23. The molecule has 0 aliphatic heterocycles. The van der Waals surface area contributed by atoms with Gasteiger partial charge in [0.05, 0.1) is 6.10 Å². The van der Waals surface area contributed by atoms with Crippen LogP contribution < -0.4 is 4.74 Å².